The fraction of sp³-hybridized carbons (Fsp3) is 0.119. The van der Waals surface area contributed by atoms with Crippen LogP contribution in [0, 0.1) is 0 Å². The molecule has 1 aliphatic heterocycles. The fourth-order valence-electron chi connectivity index (χ4n) is 6.28. The van der Waals surface area contributed by atoms with Crippen molar-refractivity contribution in [1.29, 1.82) is 0 Å². The molecule has 7 rings (SSSR count). The molecule has 0 spiro atoms. The average molecular weight is 694 g/mol. The summed E-state index contributed by atoms with van der Waals surface area (Å²) in [6.07, 6.45) is -0.424. The molecule has 50 heavy (non-hydrogen) atoms. The van der Waals surface area contributed by atoms with Crippen LogP contribution in [-0.4, -0.2) is 42.6 Å². The van der Waals surface area contributed by atoms with Gasteiger partial charge in [-0.25, -0.2) is 9.69 Å². The Hall–Kier alpha value is -5.44. The van der Waals surface area contributed by atoms with E-state index >= 15 is 0 Å². The van der Waals surface area contributed by atoms with Crippen LogP contribution in [0.1, 0.15) is 5.56 Å². The van der Waals surface area contributed by atoms with E-state index in [0.29, 0.717) is 0 Å². The first-order valence-corrected chi connectivity index (χ1v) is 19.3. The Morgan fingerprint density at radius 2 is 1.04 bits per heavy atom. The molecule has 0 fully saturated rings. The fourth-order valence-corrected chi connectivity index (χ4v) is 11.2. The largest absolute Gasteiger partial charge is 0.530 e. The van der Waals surface area contributed by atoms with E-state index in [9.17, 15) is 4.79 Å². The molecule has 0 aliphatic carbocycles. The zero-order valence-electron chi connectivity index (χ0n) is 28.6. The normalized spacial score (nSPS) is 12.0. The van der Waals surface area contributed by atoms with Crippen LogP contribution in [0.5, 0.6) is 5.75 Å². The number of rotatable bonds is 9. The van der Waals surface area contributed by atoms with Crippen molar-refractivity contribution < 1.29 is 14.0 Å². The molecule has 0 saturated carbocycles. The highest BCUT2D eigenvalue weighted by Gasteiger charge is 2.44. The topological polar surface area (TPSA) is 45.2 Å². The molecular formula is C42H39N3O3SSi. The summed E-state index contributed by atoms with van der Waals surface area (Å²) < 4.78 is 13.2. The van der Waals surface area contributed by atoms with Crippen LogP contribution in [-0.2, 0) is 11.3 Å². The van der Waals surface area contributed by atoms with Crippen LogP contribution in [0.3, 0.4) is 0 Å². The Kier molecular flexibility index (Phi) is 9.39. The molecule has 0 bridgehead atoms. The summed E-state index contributed by atoms with van der Waals surface area (Å²) in [7, 11) is 5.14. The minimum atomic E-state index is -2.93. The van der Waals surface area contributed by atoms with Gasteiger partial charge in [-0.15, -0.1) is 0 Å². The molecule has 0 aromatic heterocycles. The number of nitrogens with zero attached hydrogens (tertiary/aromatic N) is 3. The van der Waals surface area contributed by atoms with E-state index in [1.165, 1.54) is 0 Å². The van der Waals surface area contributed by atoms with E-state index < -0.39 is 14.4 Å². The van der Waals surface area contributed by atoms with Crippen molar-refractivity contribution in [2.45, 2.75) is 16.4 Å². The van der Waals surface area contributed by atoms with Gasteiger partial charge in [-0.3, -0.25) is 0 Å². The Labute approximate surface area is 299 Å². The van der Waals surface area contributed by atoms with Crippen molar-refractivity contribution in [2.75, 3.05) is 42.9 Å². The second kappa shape index (κ2) is 14.2. The van der Waals surface area contributed by atoms with Gasteiger partial charge < -0.3 is 19.0 Å². The first-order chi connectivity index (χ1) is 24.3. The minimum absolute atomic E-state index is 0.123. The van der Waals surface area contributed by atoms with Gasteiger partial charge in [-0.05, 0) is 69.7 Å². The second-order valence-corrected chi connectivity index (χ2v) is 17.0. The van der Waals surface area contributed by atoms with Gasteiger partial charge in [0.15, 0.2) is 0 Å². The molecule has 6 aromatic rings. The zero-order chi connectivity index (χ0) is 34.7. The Morgan fingerprint density at radius 3 is 1.46 bits per heavy atom. The van der Waals surface area contributed by atoms with Crippen LogP contribution >= 0.6 is 11.8 Å². The molecule has 0 saturated heterocycles. The number of hydrogen-bond acceptors (Lipinski definition) is 6. The molecule has 0 N–H and O–H groups in total. The highest BCUT2D eigenvalue weighted by Crippen LogP contribution is 2.50. The standard InChI is InChI=1S/C42H39N3O3SSi/c1-43(2)32-22-26-38-40(28-32)49-41-29-33(44(3)4)23-27-39(41)45(38)42(46)47-30-31-20-24-34(25-21-31)48-50(35-14-8-5-9-15-35,36-16-10-6-11-17-36)37-18-12-7-13-19-37/h5-29H,30H2,1-4H3. The molecule has 1 amide bonds. The first kappa shape index (κ1) is 33.1. The lowest BCUT2D eigenvalue weighted by molar-refractivity contribution is 0.149. The number of fused-ring (bicyclic) bond motifs is 2. The van der Waals surface area contributed by atoms with Crippen LogP contribution < -0.4 is 34.7 Å². The van der Waals surface area contributed by atoms with Crippen molar-refractivity contribution in [3.05, 3.63) is 157 Å². The van der Waals surface area contributed by atoms with Gasteiger partial charge in [0.25, 0.3) is 0 Å². The van der Waals surface area contributed by atoms with E-state index in [4.69, 9.17) is 9.16 Å². The number of ether oxygens (including phenoxy) is 1. The quantitative estimate of drug-likeness (QED) is 0.114. The zero-order valence-corrected chi connectivity index (χ0v) is 30.4. The lowest BCUT2D eigenvalue weighted by atomic mass is 10.2. The minimum Gasteiger partial charge on any atom is -0.530 e. The third kappa shape index (κ3) is 6.47. The van der Waals surface area contributed by atoms with Crippen molar-refractivity contribution in [3.8, 4) is 5.75 Å². The smallest absolute Gasteiger partial charge is 0.419 e. The van der Waals surface area contributed by atoms with Gasteiger partial charge in [-0.1, -0.05) is 115 Å². The molecule has 0 radical (unpaired) electrons. The molecule has 0 unspecified atom stereocenters. The predicted octanol–water partition coefficient (Wildman–Crippen LogP) is 7.80. The maximum absolute atomic E-state index is 13.9. The van der Waals surface area contributed by atoms with Gasteiger partial charge in [0.2, 0.25) is 0 Å². The summed E-state index contributed by atoms with van der Waals surface area (Å²) in [5, 5.41) is 3.48. The van der Waals surface area contributed by atoms with Crippen LogP contribution in [0.15, 0.2) is 161 Å². The SMILES string of the molecule is CN(C)c1ccc2c(c1)Sc1cc(N(C)C)ccc1N2C(=O)OCc1ccc(O[Si](c2ccccc2)(c2ccccc2)c2ccccc2)cc1. The maximum Gasteiger partial charge on any atom is 0.419 e. The van der Waals surface area contributed by atoms with Gasteiger partial charge in [-0.2, -0.15) is 0 Å². The third-order valence-electron chi connectivity index (χ3n) is 8.90. The highest BCUT2D eigenvalue weighted by molar-refractivity contribution is 7.99. The number of benzene rings is 6. The highest BCUT2D eigenvalue weighted by atomic mass is 32.2. The van der Waals surface area contributed by atoms with Crippen molar-refractivity contribution in [3.63, 3.8) is 0 Å². The summed E-state index contributed by atoms with van der Waals surface area (Å²) in [5.41, 5.74) is 4.62. The molecule has 250 valence electrons. The van der Waals surface area contributed by atoms with E-state index in [0.717, 1.165) is 59.4 Å². The number of carbonyl (C=O) groups excluding carboxylic acids is 1. The lowest BCUT2D eigenvalue weighted by Gasteiger charge is -2.33. The summed E-state index contributed by atoms with van der Waals surface area (Å²) in [4.78, 5) is 21.7. The van der Waals surface area contributed by atoms with Crippen molar-refractivity contribution in [2.24, 2.45) is 0 Å². The number of hydrogen-bond donors (Lipinski definition) is 0. The summed E-state index contributed by atoms with van der Waals surface area (Å²) >= 11 is 1.67. The first-order valence-electron chi connectivity index (χ1n) is 16.6. The van der Waals surface area contributed by atoms with Crippen LogP contribution in [0.4, 0.5) is 27.5 Å². The Balaban J connectivity index is 1.16. The molecule has 1 aliphatic rings. The second-order valence-electron chi connectivity index (χ2n) is 12.6. The van der Waals surface area contributed by atoms with Gasteiger partial charge in [0.05, 0.1) is 11.4 Å². The molecule has 1 heterocycles. The lowest BCUT2D eigenvalue weighted by Crippen LogP contribution is -2.71. The molecule has 6 nitrogen and oxygen atoms in total. The number of amides is 1. The van der Waals surface area contributed by atoms with Crippen molar-refractivity contribution >= 4 is 64.5 Å². The monoisotopic (exact) mass is 693 g/mol. The average Bonchev–Trinajstić information content (AvgIpc) is 3.16. The van der Waals surface area contributed by atoms with Gasteiger partial charge >= 0.3 is 14.4 Å². The maximum atomic E-state index is 13.9. The predicted molar refractivity (Wildman–Crippen MR) is 209 cm³/mol. The van der Waals surface area contributed by atoms with E-state index in [1.54, 1.807) is 16.7 Å². The number of anilines is 4. The van der Waals surface area contributed by atoms with Crippen molar-refractivity contribution in [1.82, 2.24) is 0 Å². The van der Waals surface area contributed by atoms with Crippen LogP contribution in [0.2, 0.25) is 0 Å². The molecule has 6 aromatic carbocycles. The van der Waals surface area contributed by atoms with Crippen LogP contribution in [0.25, 0.3) is 0 Å². The van der Waals surface area contributed by atoms with Gasteiger partial charge in [0, 0.05) is 49.4 Å². The summed E-state index contributed by atoms with van der Waals surface area (Å²) in [6, 6.07) is 51.7. The molecule has 0 atom stereocenters. The Morgan fingerprint density at radius 1 is 0.600 bits per heavy atom. The third-order valence-corrected chi connectivity index (χ3v) is 14.0. The molecular weight excluding hydrogens is 655 g/mol. The van der Waals surface area contributed by atoms with E-state index in [1.807, 2.05) is 94.9 Å². The van der Waals surface area contributed by atoms with Gasteiger partial charge in [0.1, 0.15) is 12.4 Å². The summed E-state index contributed by atoms with van der Waals surface area (Å²) in [5.74, 6) is 0.757. The Bertz CT molecular complexity index is 1940. The van der Waals surface area contributed by atoms with E-state index in [-0.39, 0.29) is 6.61 Å². The number of carbonyl (C=O) groups is 1. The van der Waals surface area contributed by atoms with E-state index in [2.05, 4.69) is 94.7 Å². The molecule has 8 heteroatoms. The summed E-state index contributed by atoms with van der Waals surface area (Å²) in [6.45, 7) is 0.123.